The van der Waals surface area contributed by atoms with Crippen molar-refractivity contribution in [3.63, 3.8) is 0 Å². The molecule has 0 saturated heterocycles. The molecule has 224 valence electrons. The third-order valence-corrected chi connectivity index (χ3v) is 9.67. The van der Waals surface area contributed by atoms with Gasteiger partial charge in [-0.15, -0.1) is 0 Å². The Morgan fingerprint density at radius 1 is 0.208 bits per heavy atom. The van der Waals surface area contributed by atoms with Crippen LogP contribution in [-0.2, 0) is 0 Å². The van der Waals surface area contributed by atoms with Gasteiger partial charge in [-0.3, -0.25) is 0 Å². The Morgan fingerprint density at radius 3 is 1.27 bits per heavy atom. The van der Waals surface area contributed by atoms with Gasteiger partial charge in [-0.2, -0.15) is 0 Å². The van der Waals surface area contributed by atoms with Crippen LogP contribution in [0.15, 0.2) is 194 Å². The Hall–Kier alpha value is -6.24. The standard InChI is InChI=1S/C48H32/c1-3-14-35(15-4-1)46-32-40(29-30-41(46)36-26-23-34(24-27-36)39-28-25-33-13-7-8-18-38(33)31-39)48-44-21-11-9-19-42(44)47(37-16-5-2-6-17-37)43-20-10-12-22-45(43)48/h1-32H. The first-order valence-corrected chi connectivity index (χ1v) is 16.6. The predicted octanol–water partition coefficient (Wildman–Crippen LogP) is 13.5. The molecule has 9 aromatic carbocycles. The van der Waals surface area contributed by atoms with E-state index >= 15 is 0 Å². The molecule has 0 heteroatoms. The van der Waals surface area contributed by atoms with Gasteiger partial charge in [0.15, 0.2) is 0 Å². The Kier molecular flexibility index (Phi) is 6.91. The maximum absolute atomic E-state index is 2.40. The maximum Gasteiger partial charge on any atom is -0.00261 e. The summed E-state index contributed by atoms with van der Waals surface area (Å²) in [6.07, 6.45) is 0. The van der Waals surface area contributed by atoms with Gasteiger partial charge in [0.25, 0.3) is 0 Å². The van der Waals surface area contributed by atoms with Crippen molar-refractivity contribution >= 4 is 32.3 Å². The van der Waals surface area contributed by atoms with Gasteiger partial charge in [0, 0.05) is 0 Å². The van der Waals surface area contributed by atoms with Gasteiger partial charge in [0.05, 0.1) is 0 Å². The van der Waals surface area contributed by atoms with Crippen molar-refractivity contribution in [2.75, 3.05) is 0 Å². The lowest BCUT2D eigenvalue weighted by Crippen LogP contribution is -1.92. The molecule has 9 rings (SSSR count). The van der Waals surface area contributed by atoms with Crippen molar-refractivity contribution in [3.8, 4) is 55.6 Å². The quantitative estimate of drug-likeness (QED) is 0.171. The first-order valence-electron chi connectivity index (χ1n) is 16.6. The molecule has 0 nitrogen and oxygen atoms in total. The molecule has 0 atom stereocenters. The minimum Gasteiger partial charge on any atom is -0.0622 e. The first kappa shape index (κ1) is 28.0. The van der Waals surface area contributed by atoms with Crippen molar-refractivity contribution in [1.82, 2.24) is 0 Å². The lowest BCUT2D eigenvalue weighted by Gasteiger charge is -2.19. The highest BCUT2D eigenvalue weighted by Crippen LogP contribution is 2.45. The summed E-state index contributed by atoms with van der Waals surface area (Å²) in [5.74, 6) is 0. The molecular formula is C48H32. The SMILES string of the molecule is c1ccc(-c2cc(-c3c4ccccc4c(-c4ccccc4)c4ccccc34)ccc2-c2ccc(-c3ccc4ccccc4c3)cc2)cc1. The molecule has 9 aromatic rings. The fourth-order valence-electron chi connectivity index (χ4n) is 7.37. The van der Waals surface area contributed by atoms with Crippen molar-refractivity contribution < 1.29 is 0 Å². The van der Waals surface area contributed by atoms with Gasteiger partial charge in [0.2, 0.25) is 0 Å². The van der Waals surface area contributed by atoms with Crippen molar-refractivity contribution in [2.24, 2.45) is 0 Å². The molecule has 0 aliphatic carbocycles. The van der Waals surface area contributed by atoms with E-state index in [9.17, 15) is 0 Å². The average molecular weight is 609 g/mol. The van der Waals surface area contributed by atoms with E-state index in [2.05, 4.69) is 194 Å². The normalized spacial score (nSPS) is 11.3. The topological polar surface area (TPSA) is 0 Å². The molecule has 0 fully saturated rings. The van der Waals surface area contributed by atoms with Crippen molar-refractivity contribution in [2.45, 2.75) is 0 Å². The molecule has 0 bridgehead atoms. The van der Waals surface area contributed by atoms with Gasteiger partial charge in [-0.25, -0.2) is 0 Å². The number of benzene rings is 9. The van der Waals surface area contributed by atoms with E-state index in [0.29, 0.717) is 0 Å². The lowest BCUT2D eigenvalue weighted by atomic mass is 9.84. The van der Waals surface area contributed by atoms with Gasteiger partial charge < -0.3 is 0 Å². The monoisotopic (exact) mass is 608 g/mol. The van der Waals surface area contributed by atoms with Gasteiger partial charge in [0.1, 0.15) is 0 Å². The second kappa shape index (κ2) is 11.8. The molecule has 0 radical (unpaired) electrons. The van der Waals surface area contributed by atoms with Crippen molar-refractivity contribution in [3.05, 3.63) is 194 Å². The summed E-state index contributed by atoms with van der Waals surface area (Å²) in [5.41, 5.74) is 12.3. The fourth-order valence-corrected chi connectivity index (χ4v) is 7.37. The molecule has 0 aromatic heterocycles. The van der Waals surface area contributed by atoms with E-state index in [1.54, 1.807) is 0 Å². The summed E-state index contributed by atoms with van der Waals surface area (Å²) in [6.45, 7) is 0. The zero-order valence-electron chi connectivity index (χ0n) is 26.5. The molecule has 0 unspecified atom stereocenters. The second-order valence-electron chi connectivity index (χ2n) is 12.5. The Labute approximate surface area is 281 Å². The summed E-state index contributed by atoms with van der Waals surface area (Å²) in [7, 11) is 0. The molecule has 0 amide bonds. The van der Waals surface area contributed by atoms with Gasteiger partial charge >= 0.3 is 0 Å². The largest absolute Gasteiger partial charge is 0.0622 e. The number of fused-ring (bicyclic) bond motifs is 3. The Balaban J connectivity index is 1.22. The highest BCUT2D eigenvalue weighted by molar-refractivity contribution is 6.21. The van der Waals surface area contributed by atoms with Crippen LogP contribution in [0, 0.1) is 0 Å². The Morgan fingerprint density at radius 2 is 0.646 bits per heavy atom. The van der Waals surface area contributed by atoms with Crippen LogP contribution in [0.5, 0.6) is 0 Å². The molecule has 0 saturated carbocycles. The second-order valence-corrected chi connectivity index (χ2v) is 12.5. The lowest BCUT2D eigenvalue weighted by molar-refractivity contribution is 1.57. The summed E-state index contributed by atoms with van der Waals surface area (Å²) < 4.78 is 0. The highest BCUT2D eigenvalue weighted by Gasteiger charge is 2.18. The third kappa shape index (κ3) is 4.87. The zero-order chi connectivity index (χ0) is 31.9. The molecule has 0 heterocycles. The minimum absolute atomic E-state index is 1.21. The van der Waals surface area contributed by atoms with Crippen LogP contribution in [0.2, 0.25) is 0 Å². The Bertz CT molecular complexity index is 2520. The van der Waals surface area contributed by atoms with Gasteiger partial charge in [-0.05, 0) is 100 Å². The minimum atomic E-state index is 1.21. The summed E-state index contributed by atoms with van der Waals surface area (Å²) >= 11 is 0. The van der Waals surface area contributed by atoms with Crippen LogP contribution in [0.25, 0.3) is 88.0 Å². The van der Waals surface area contributed by atoms with Crippen LogP contribution in [-0.4, -0.2) is 0 Å². The van der Waals surface area contributed by atoms with Gasteiger partial charge in [-0.1, -0.05) is 182 Å². The summed E-state index contributed by atoms with van der Waals surface area (Å²) in [5, 5.41) is 7.60. The van der Waals surface area contributed by atoms with E-state index < -0.39 is 0 Å². The van der Waals surface area contributed by atoms with Crippen LogP contribution >= 0.6 is 0 Å². The number of hydrogen-bond acceptors (Lipinski definition) is 0. The molecular weight excluding hydrogens is 577 g/mol. The summed E-state index contributed by atoms with van der Waals surface area (Å²) in [6, 6.07) is 70.7. The highest BCUT2D eigenvalue weighted by atomic mass is 14.2. The third-order valence-electron chi connectivity index (χ3n) is 9.67. The van der Waals surface area contributed by atoms with Crippen LogP contribution in [0.4, 0.5) is 0 Å². The molecule has 48 heavy (non-hydrogen) atoms. The van der Waals surface area contributed by atoms with Crippen LogP contribution in [0.3, 0.4) is 0 Å². The predicted molar refractivity (Wildman–Crippen MR) is 206 cm³/mol. The van der Waals surface area contributed by atoms with Crippen molar-refractivity contribution in [1.29, 1.82) is 0 Å². The average Bonchev–Trinajstić information content (AvgIpc) is 3.17. The van der Waals surface area contributed by atoms with E-state index in [1.807, 2.05) is 0 Å². The zero-order valence-corrected chi connectivity index (χ0v) is 26.5. The van der Waals surface area contributed by atoms with E-state index in [4.69, 9.17) is 0 Å². The van der Waals surface area contributed by atoms with E-state index in [1.165, 1.54) is 88.0 Å². The molecule has 0 aliphatic heterocycles. The summed E-state index contributed by atoms with van der Waals surface area (Å²) in [4.78, 5) is 0. The smallest absolute Gasteiger partial charge is 0.00261 e. The number of rotatable bonds is 5. The van der Waals surface area contributed by atoms with Crippen LogP contribution < -0.4 is 0 Å². The molecule has 0 aliphatic rings. The first-order chi connectivity index (χ1) is 23.8. The number of hydrogen-bond donors (Lipinski definition) is 0. The van der Waals surface area contributed by atoms with Crippen LogP contribution in [0.1, 0.15) is 0 Å². The maximum atomic E-state index is 2.40. The molecule has 0 N–H and O–H groups in total. The van der Waals surface area contributed by atoms with E-state index in [0.717, 1.165) is 0 Å². The van der Waals surface area contributed by atoms with E-state index in [-0.39, 0.29) is 0 Å². The molecule has 0 spiro atoms. The fraction of sp³-hybridized carbons (Fsp3) is 0.